The van der Waals surface area contributed by atoms with Gasteiger partial charge in [-0.1, -0.05) is 18.2 Å². The number of amides is 2. The molecule has 1 aliphatic heterocycles. The Morgan fingerprint density at radius 3 is 2.60 bits per heavy atom. The Bertz CT molecular complexity index is 886. The van der Waals surface area contributed by atoms with Crippen molar-refractivity contribution in [2.24, 2.45) is 5.92 Å². The molecule has 3 rings (SSSR count). The fourth-order valence-corrected chi connectivity index (χ4v) is 3.82. The van der Waals surface area contributed by atoms with Crippen LogP contribution in [0, 0.1) is 12.8 Å². The smallest absolute Gasteiger partial charge is 0.410 e. The number of hydrogen-bond donors (Lipinski definition) is 0. The number of likely N-dealkylation sites (tertiary alicyclic amines) is 1. The molecule has 2 aromatic rings. The highest BCUT2D eigenvalue weighted by Crippen LogP contribution is 2.22. The van der Waals surface area contributed by atoms with Crippen molar-refractivity contribution in [3.8, 4) is 5.69 Å². The summed E-state index contributed by atoms with van der Waals surface area (Å²) in [7, 11) is 1.75. The van der Waals surface area contributed by atoms with Crippen molar-refractivity contribution < 1.29 is 14.3 Å². The molecule has 1 atom stereocenters. The summed E-state index contributed by atoms with van der Waals surface area (Å²) in [4.78, 5) is 28.9. The first kappa shape index (κ1) is 21.9. The van der Waals surface area contributed by atoms with E-state index < -0.39 is 5.60 Å². The van der Waals surface area contributed by atoms with Crippen LogP contribution in [0.1, 0.15) is 49.7 Å². The number of aromatic nitrogens is 2. The maximum atomic E-state index is 13.2. The molecule has 0 radical (unpaired) electrons. The lowest BCUT2D eigenvalue weighted by Gasteiger charge is -2.35. The Balaban J connectivity index is 1.65. The summed E-state index contributed by atoms with van der Waals surface area (Å²) in [6, 6.07) is 9.80. The van der Waals surface area contributed by atoms with E-state index in [-0.39, 0.29) is 17.9 Å². The second-order valence-electron chi connectivity index (χ2n) is 9.01. The lowest BCUT2D eigenvalue weighted by molar-refractivity contribution is 0.0244. The van der Waals surface area contributed by atoms with Crippen LogP contribution in [0.3, 0.4) is 0 Å². The number of ether oxygens (including phenoxy) is 1. The van der Waals surface area contributed by atoms with Crippen LogP contribution in [0.25, 0.3) is 5.69 Å². The van der Waals surface area contributed by atoms with E-state index in [9.17, 15) is 9.59 Å². The molecule has 0 aliphatic carbocycles. The van der Waals surface area contributed by atoms with Crippen LogP contribution in [0.4, 0.5) is 4.79 Å². The van der Waals surface area contributed by atoms with Crippen LogP contribution in [0.5, 0.6) is 0 Å². The average Bonchev–Trinajstić information content (AvgIpc) is 3.08. The van der Waals surface area contributed by atoms with Crippen molar-refractivity contribution in [2.75, 3.05) is 26.7 Å². The van der Waals surface area contributed by atoms with Crippen molar-refractivity contribution in [1.29, 1.82) is 0 Å². The van der Waals surface area contributed by atoms with E-state index in [0.717, 1.165) is 30.8 Å². The fraction of sp³-hybridized carbons (Fsp3) is 0.522. The molecular weight excluding hydrogens is 380 g/mol. The first-order chi connectivity index (χ1) is 14.2. The first-order valence-corrected chi connectivity index (χ1v) is 10.5. The van der Waals surface area contributed by atoms with Gasteiger partial charge in [0.15, 0.2) is 0 Å². The van der Waals surface area contributed by atoms with Crippen molar-refractivity contribution in [2.45, 2.75) is 46.1 Å². The molecule has 7 nitrogen and oxygen atoms in total. The third kappa shape index (κ3) is 5.20. The molecule has 1 unspecified atom stereocenters. The highest BCUT2D eigenvalue weighted by Gasteiger charge is 2.29. The maximum Gasteiger partial charge on any atom is 0.410 e. The summed E-state index contributed by atoms with van der Waals surface area (Å²) in [5.41, 5.74) is 1.87. The molecule has 1 fully saturated rings. The van der Waals surface area contributed by atoms with Gasteiger partial charge in [0.05, 0.1) is 23.1 Å². The summed E-state index contributed by atoms with van der Waals surface area (Å²) >= 11 is 0. The minimum Gasteiger partial charge on any atom is -0.444 e. The van der Waals surface area contributed by atoms with E-state index >= 15 is 0 Å². The topological polar surface area (TPSA) is 67.7 Å². The fourth-order valence-electron chi connectivity index (χ4n) is 3.82. The lowest BCUT2D eigenvalue weighted by Crippen LogP contribution is -2.45. The number of nitrogens with zero attached hydrogens (tertiary/aromatic N) is 4. The Morgan fingerprint density at radius 1 is 1.23 bits per heavy atom. The number of carbonyl (C=O) groups is 2. The molecule has 0 saturated carbocycles. The Morgan fingerprint density at radius 2 is 1.93 bits per heavy atom. The third-order valence-corrected chi connectivity index (χ3v) is 5.28. The van der Waals surface area contributed by atoms with E-state index in [1.165, 1.54) is 0 Å². The van der Waals surface area contributed by atoms with Crippen LogP contribution in [0.15, 0.2) is 36.5 Å². The molecular formula is C23H32N4O3. The monoisotopic (exact) mass is 412 g/mol. The summed E-state index contributed by atoms with van der Waals surface area (Å²) in [5, 5.41) is 4.43. The van der Waals surface area contributed by atoms with Gasteiger partial charge in [0.2, 0.25) is 0 Å². The molecule has 1 aromatic carbocycles. The largest absolute Gasteiger partial charge is 0.444 e. The van der Waals surface area contributed by atoms with Crippen LogP contribution >= 0.6 is 0 Å². The van der Waals surface area contributed by atoms with Gasteiger partial charge in [-0.3, -0.25) is 4.79 Å². The standard InChI is InChI=1S/C23H32N4O3/c1-17-20(14-24-27(17)19-11-7-6-8-12-19)21(28)26-13-9-10-18(16-26)15-25(5)22(29)30-23(2,3)4/h6-8,11-12,14,18H,9-10,13,15-16H2,1-5H3. The number of piperidine rings is 1. The van der Waals surface area contributed by atoms with Crippen molar-refractivity contribution in [3.63, 3.8) is 0 Å². The molecule has 2 amide bonds. The minimum absolute atomic E-state index is 0.000646. The van der Waals surface area contributed by atoms with Gasteiger partial charge in [-0.15, -0.1) is 0 Å². The van der Waals surface area contributed by atoms with Crippen LogP contribution in [0.2, 0.25) is 0 Å². The Hall–Kier alpha value is -2.83. The number of rotatable bonds is 4. The molecule has 7 heteroatoms. The zero-order chi connectivity index (χ0) is 21.9. The molecule has 1 aromatic heterocycles. The van der Waals surface area contributed by atoms with E-state index in [0.29, 0.717) is 18.7 Å². The van der Waals surface area contributed by atoms with E-state index in [1.807, 2.05) is 62.9 Å². The lowest BCUT2D eigenvalue weighted by atomic mass is 9.97. The third-order valence-electron chi connectivity index (χ3n) is 5.28. The number of carbonyl (C=O) groups excluding carboxylic acids is 2. The molecule has 0 N–H and O–H groups in total. The predicted octanol–water partition coefficient (Wildman–Crippen LogP) is 3.90. The molecule has 162 valence electrons. The predicted molar refractivity (Wildman–Crippen MR) is 116 cm³/mol. The second kappa shape index (κ2) is 8.90. The minimum atomic E-state index is -0.518. The number of hydrogen-bond acceptors (Lipinski definition) is 4. The van der Waals surface area contributed by atoms with Crippen molar-refractivity contribution in [3.05, 3.63) is 47.8 Å². The van der Waals surface area contributed by atoms with Crippen LogP contribution in [-0.2, 0) is 4.74 Å². The van der Waals surface area contributed by atoms with Crippen molar-refractivity contribution >= 4 is 12.0 Å². The summed E-state index contributed by atoms with van der Waals surface area (Å²) in [5.74, 6) is 0.226. The molecule has 1 aliphatic rings. The van der Waals surface area contributed by atoms with E-state index in [1.54, 1.807) is 22.8 Å². The average molecular weight is 413 g/mol. The Kier molecular flexibility index (Phi) is 6.48. The van der Waals surface area contributed by atoms with Crippen molar-refractivity contribution in [1.82, 2.24) is 19.6 Å². The normalized spacial score (nSPS) is 17.0. The summed E-state index contributed by atoms with van der Waals surface area (Å²) < 4.78 is 7.24. The summed E-state index contributed by atoms with van der Waals surface area (Å²) in [6.45, 7) is 9.42. The Labute approximate surface area is 178 Å². The molecule has 0 bridgehead atoms. The zero-order valence-electron chi connectivity index (χ0n) is 18.6. The van der Waals surface area contributed by atoms with E-state index in [4.69, 9.17) is 4.74 Å². The maximum absolute atomic E-state index is 13.2. The molecule has 30 heavy (non-hydrogen) atoms. The van der Waals surface area contributed by atoms with Gasteiger partial charge in [-0.2, -0.15) is 5.10 Å². The summed E-state index contributed by atoms with van der Waals surface area (Å²) in [6.07, 6.45) is 3.23. The highest BCUT2D eigenvalue weighted by molar-refractivity contribution is 5.95. The molecule has 0 spiro atoms. The van der Waals surface area contributed by atoms with Gasteiger partial charge < -0.3 is 14.5 Å². The van der Waals surface area contributed by atoms with Gasteiger partial charge in [0.1, 0.15) is 5.60 Å². The van der Waals surface area contributed by atoms with Gasteiger partial charge in [-0.25, -0.2) is 9.48 Å². The second-order valence-corrected chi connectivity index (χ2v) is 9.01. The quantitative estimate of drug-likeness (QED) is 0.764. The van der Waals surface area contributed by atoms with Gasteiger partial charge >= 0.3 is 6.09 Å². The van der Waals surface area contributed by atoms with Crippen LogP contribution in [-0.4, -0.2) is 63.9 Å². The molecule has 1 saturated heterocycles. The first-order valence-electron chi connectivity index (χ1n) is 10.5. The van der Waals surface area contributed by atoms with Gasteiger partial charge in [0, 0.05) is 26.7 Å². The highest BCUT2D eigenvalue weighted by atomic mass is 16.6. The number of benzene rings is 1. The van der Waals surface area contributed by atoms with E-state index in [2.05, 4.69) is 5.10 Å². The zero-order valence-corrected chi connectivity index (χ0v) is 18.6. The molecule has 2 heterocycles. The van der Waals surface area contributed by atoms with Gasteiger partial charge in [-0.05, 0) is 58.6 Å². The van der Waals surface area contributed by atoms with Gasteiger partial charge in [0.25, 0.3) is 5.91 Å². The number of para-hydroxylation sites is 1. The van der Waals surface area contributed by atoms with Crippen LogP contribution < -0.4 is 0 Å². The SMILES string of the molecule is Cc1c(C(=O)N2CCCC(CN(C)C(=O)OC(C)(C)C)C2)cnn1-c1ccccc1.